The smallest absolute Gasteiger partial charge is 0.268 e. The Kier molecular flexibility index (Phi) is 6.43. The van der Waals surface area contributed by atoms with Crippen LogP contribution in [0.4, 0.5) is 5.13 Å². The summed E-state index contributed by atoms with van der Waals surface area (Å²) in [4.78, 5) is 16.2. The van der Waals surface area contributed by atoms with Crippen molar-refractivity contribution >= 4 is 40.1 Å². The van der Waals surface area contributed by atoms with Crippen molar-refractivity contribution in [2.24, 2.45) is 0 Å². The zero-order chi connectivity index (χ0) is 19.9. The van der Waals surface area contributed by atoms with Crippen LogP contribution in [0.3, 0.4) is 0 Å². The predicted molar refractivity (Wildman–Crippen MR) is 111 cm³/mol. The summed E-state index contributed by atoms with van der Waals surface area (Å²) in [5.41, 5.74) is 2.80. The van der Waals surface area contributed by atoms with Gasteiger partial charge in [-0.3, -0.25) is 10.1 Å². The molecule has 2 aromatic carbocycles. The molecule has 28 heavy (non-hydrogen) atoms. The Morgan fingerprint density at radius 2 is 2.18 bits per heavy atom. The molecule has 1 N–H and O–H groups in total. The number of nitrogens with one attached hydrogen (secondary N) is 1. The number of rotatable bonds is 6. The quantitative estimate of drug-likeness (QED) is 0.446. The molecule has 3 aromatic rings. The lowest BCUT2D eigenvalue weighted by Gasteiger charge is -2.10. The van der Waals surface area contributed by atoms with Crippen LogP contribution in [0.15, 0.2) is 59.6 Å². The molecule has 0 aliphatic rings. The molecule has 0 atom stereocenters. The first-order valence-electron chi connectivity index (χ1n) is 8.36. The van der Waals surface area contributed by atoms with E-state index < -0.39 is 5.91 Å². The molecule has 0 saturated heterocycles. The molecule has 5 nitrogen and oxygen atoms in total. The van der Waals surface area contributed by atoms with E-state index in [2.05, 4.69) is 10.3 Å². The van der Waals surface area contributed by atoms with E-state index in [-0.39, 0.29) is 5.57 Å². The number of nitrogens with zero attached hydrogens (tertiary/aromatic N) is 2. The lowest BCUT2D eigenvalue weighted by Crippen LogP contribution is -2.13. The monoisotopic (exact) mass is 409 g/mol. The molecule has 1 heterocycles. The van der Waals surface area contributed by atoms with Crippen LogP contribution in [0, 0.1) is 18.3 Å². The van der Waals surface area contributed by atoms with E-state index in [0.717, 1.165) is 11.1 Å². The Morgan fingerprint density at radius 1 is 1.36 bits per heavy atom. The first kappa shape index (κ1) is 19.6. The van der Waals surface area contributed by atoms with Crippen LogP contribution in [-0.2, 0) is 11.4 Å². The average molecular weight is 410 g/mol. The number of amides is 1. The molecule has 1 aromatic heterocycles. The van der Waals surface area contributed by atoms with Crippen LogP contribution in [0.5, 0.6) is 5.75 Å². The predicted octanol–water partition coefficient (Wildman–Crippen LogP) is 5.23. The number of anilines is 1. The van der Waals surface area contributed by atoms with Gasteiger partial charge in [-0.2, -0.15) is 5.26 Å². The van der Waals surface area contributed by atoms with E-state index in [4.69, 9.17) is 16.3 Å². The van der Waals surface area contributed by atoms with Gasteiger partial charge < -0.3 is 4.74 Å². The van der Waals surface area contributed by atoms with E-state index in [1.165, 1.54) is 17.4 Å². The normalized spacial score (nSPS) is 11.0. The van der Waals surface area contributed by atoms with Crippen molar-refractivity contribution in [3.63, 3.8) is 0 Å². The third kappa shape index (κ3) is 4.97. The lowest BCUT2D eigenvalue weighted by atomic mass is 10.1. The number of hydrogen-bond donors (Lipinski definition) is 1. The number of ether oxygens (including phenoxy) is 1. The van der Waals surface area contributed by atoms with Gasteiger partial charge in [0.25, 0.3) is 5.91 Å². The van der Waals surface area contributed by atoms with Crippen molar-refractivity contribution in [1.82, 2.24) is 4.98 Å². The van der Waals surface area contributed by atoms with Crippen LogP contribution in [0.2, 0.25) is 5.02 Å². The van der Waals surface area contributed by atoms with Crippen LogP contribution in [-0.4, -0.2) is 10.9 Å². The molecular formula is C21H16ClN3O2S. The Morgan fingerprint density at radius 3 is 2.86 bits per heavy atom. The third-order valence-corrected chi connectivity index (χ3v) is 4.91. The molecule has 0 aliphatic heterocycles. The Hall–Kier alpha value is -3.14. The van der Waals surface area contributed by atoms with E-state index in [9.17, 15) is 10.1 Å². The topological polar surface area (TPSA) is 75.0 Å². The van der Waals surface area contributed by atoms with Crippen molar-refractivity contribution in [3.05, 3.63) is 81.3 Å². The second-order valence-corrected chi connectivity index (χ2v) is 7.17. The van der Waals surface area contributed by atoms with Crippen molar-refractivity contribution < 1.29 is 9.53 Å². The fourth-order valence-corrected chi connectivity index (χ4v) is 3.18. The molecule has 3 rings (SSSR count). The number of benzene rings is 2. The molecule has 0 bridgehead atoms. The number of aromatic nitrogens is 1. The highest BCUT2D eigenvalue weighted by molar-refractivity contribution is 7.13. The molecule has 140 valence electrons. The summed E-state index contributed by atoms with van der Waals surface area (Å²) in [5, 5.41) is 14.4. The summed E-state index contributed by atoms with van der Waals surface area (Å²) in [6, 6.07) is 15.0. The standard InChI is InChI=1S/C21H16ClN3O2S/c1-14-4-2-3-5-16(14)13-27-19-7-6-15(11-18(19)22)10-17(12-23)20(26)25-21-24-8-9-28-21/h2-11H,13H2,1H3,(H,24,25,26)/b17-10-. The molecule has 0 saturated carbocycles. The maximum Gasteiger partial charge on any atom is 0.268 e. The summed E-state index contributed by atoms with van der Waals surface area (Å²) in [7, 11) is 0. The molecule has 1 amide bonds. The molecular weight excluding hydrogens is 394 g/mol. The molecule has 0 radical (unpaired) electrons. The van der Waals surface area contributed by atoms with Gasteiger partial charge in [-0.15, -0.1) is 11.3 Å². The zero-order valence-electron chi connectivity index (χ0n) is 15.0. The lowest BCUT2D eigenvalue weighted by molar-refractivity contribution is -0.112. The van der Waals surface area contributed by atoms with Gasteiger partial charge in [0.2, 0.25) is 0 Å². The van der Waals surface area contributed by atoms with E-state index in [1.807, 2.05) is 37.3 Å². The Balaban J connectivity index is 1.72. The number of hydrogen-bond acceptors (Lipinski definition) is 5. The van der Waals surface area contributed by atoms with Gasteiger partial charge in [0.05, 0.1) is 5.02 Å². The summed E-state index contributed by atoms with van der Waals surface area (Å²) in [6.45, 7) is 2.43. The van der Waals surface area contributed by atoms with E-state index in [1.54, 1.807) is 29.8 Å². The van der Waals surface area contributed by atoms with Crippen molar-refractivity contribution in [2.45, 2.75) is 13.5 Å². The number of nitriles is 1. The average Bonchev–Trinajstić information content (AvgIpc) is 3.19. The van der Waals surface area contributed by atoms with Gasteiger partial charge in [0.1, 0.15) is 24.0 Å². The Bertz CT molecular complexity index is 1060. The van der Waals surface area contributed by atoms with Crippen molar-refractivity contribution in [1.29, 1.82) is 5.26 Å². The summed E-state index contributed by atoms with van der Waals surface area (Å²) in [6.07, 6.45) is 3.05. The molecule has 0 spiro atoms. The molecule has 7 heteroatoms. The van der Waals surface area contributed by atoms with Gasteiger partial charge in [-0.25, -0.2) is 4.98 Å². The highest BCUT2D eigenvalue weighted by Gasteiger charge is 2.11. The van der Waals surface area contributed by atoms with Gasteiger partial charge in [-0.1, -0.05) is 41.9 Å². The minimum absolute atomic E-state index is 0.0418. The van der Waals surface area contributed by atoms with Gasteiger partial charge in [0.15, 0.2) is 5.13 Å². The van der Waals surface area contributed by atoms with Crippen LogP contribution >= 0.6 is 22.9 Å². The number of thiazole rings is 1. The number of aryl methyl sites for hydroxylation is 1. The van der Waals surface area contributed by atoms with E-state index >= 15 is 0 Å². The highest BCUT2D eigenvalue weighted by atomic mass is 35.5. The second-order valence-electron chi connectivity index (χ2n) is 5.87. The SMILES string of the molecule is Cc1ccccc1COc1ccc(/C=C(/C#N)C(=O)Nc2nccs2)cc1Cl. The largest absolute Gasteiger partial charge is 0.487 e. The van der Waals surface area contributed by atoms with Crippen molar-refractivity contribution in [2.75, 3.05) is 5.32 Å². The maximum absolute atomic E-state index is 12.2. The minimum Gasteiger partial charge on any atom is -0.487 e. The first-order chi connectivity index (χ1) is 13.6. The zero-order valence-corrected chi connectivity index (χ0v) is 16.6. The second kappa shape index (κ2) is 9.18. The fraction of sp³-hybridized carbons (Fsp3) is 0.0952. The van der Waals surface area contributed by atoms with Crippen LogP contribution in [0.1, 0.15) is 16.7 Å². The summed E-state index contributed by atoms with van der Waals surface area (Å²) >= 11 is 7.59. The van der Waals surface area contributed by atoms with Gasteiger partial charge >= 0.3 is 0 Å². The van der Waals surface area contributed by atoms with Crippen molar-refractivity contribution in [3.8, 4) is 11.8 Å². The molecule has 0 unspecified atom stereocenters. The van der Waals surface area contributed by atoms with Crippen LogP contribution in [0.25, 0.3) is 6.08 Å². The minimum atomic E-state index is -0.520. The highest BCUT2D eigenvalue weighted by Crippen LogP contribution is 2.27. The first-order valence-corrected chi connectivity index (χ1v) is 9.62. The Labute approximate surface area is 171 Å². The number of carbonyl (C=O) groups excluding carboxylic acids is 1. The maximum atomic E-state index is 12.2. The number of halogens is 1. The fourth-order valence-electron chi connectivity index (χ4n) is 2.42. The van der Waals surface area contributed by atoms with Gasteiger partial charge in [0, 0.05) is 11.6 Å². The molecule has 0 fully saturated rings. The summed E-state index contributed by atoms with van der Waals surface area (Å²) in [5.74, 6) is 0.0151. The van der Waals surface area contributed by atoms with E-state index in [0.29, 0.717) is 28.1 Å². The summed E-state index contributed by atoms with van der Waals surface area (Å²) < 4.78 is 5.80. The van der Waals surface area contributed by atoms with Crippen LogP contribution < -0.4 is 10.1 Å². The van der Waals surface area contributed by atoms with Gasteiger partial charge in [-0.05, 0) is 41.8 Å². The number of carbonyl (C=O) groups is 1. The third-order valence-electron chi connectivity index (χ3n) is 3.93. The molecule has 0 aliphatic carbocycles.